The van der Waals surface area contributed by atoms with E-state index < -0.39 is 0 Å². The van der Waals surface area contributed by atoms with Gasteiger partial charge in [-0.15, -0.1) is 0 Å². The maximum atomic E-state index is 13.4. The average molecular weight is 333 g/mol. The van der Waals surface area contributed by atoms with Crippen LogP contribution < -0.4 is 10.6 Å². The molecule has 0 bridgehead atoms. The van der Waals surface area contributed by atoms with Crippen molar-refractivity contribution >= 4 is 5.91 Å². The molecule has 1 aromatic carbocycles. The topological polar surface area (TPSA) is 44.4 Å². The van der Waals surface area contributed by atoms with E-state index in [2.05, 4.69) is 15.5 Å². The number of nitrogens with one attached hydrogen (secondary N) is 2. The van der Waals surface area contributed by atoms with Crippen LogP contribution in [0.4, 0.5) is 4.39 Å². The van der Waals surface area contributed by atoms with Crippen molar-refractivity contribution in [2.75, 3.05) is 26.2 Å². The molecule has 0 radical (unpaired) electrons. The van der Waals surface area contributed by atoms with Gasteiger partial charge >= 0.3 is 0 Å². The molecule has 1 aromatic rings. The quantitative estimate of drug-likeness (QED) is 0.868. The van der Waals surface area contributed by atoms with E-state index in [1.54, 1.807) is 6.07 Å². The number of piperidine rings is 1. The second-order valence-electron chi connectivity index (χ2n) is 7.22. The molecule has 4 nitrogen and oxygen atoms in total. The number of halogens is 1. The number of benzene rings is 1. The fourth-order valence-corrected chi connectivity index (χ4v) is 3.80. The molecule has 2 heterocycles. The van der Waals surface area contributed by atoms with Gasteiger partial charge in [-0.3, -0.25) is 9.69 Å². The SMILES string of the molecule is Cc1cc(CN2CCCC(CNC(=O)C3CCCN3)C2)ccc1F. The van der Waals surface area contributed by atoms with Crippen LogP contribution in [0.15, 0.2) is 18.2 Å². The van der Waals surface area contributed by atoms with Gasteiger partial charge in [0.2, 0.25) is 5.91 Å². The van der Waals surface area contributed by atoms with E-state index in [0.717, 1.165) is 64.0 Å². The van der Waals surface area contributed by atoms with E-state index in [1.165, 1.54) is 0 Å². The zero-order valence-corrected chi connectivity index (χ0v) is 14.5. The van der Waals surface area contributed by atoms with Crippen LogP contribution in [0.1, 0.15) is 36.8 Å². The monoisotopic (exact) mass is 333 g/mol. The summed E-state index contributed by atoms with van der Waals surface area (Å²) in [6, 6.07) is 5.37. The van der Waals surface area contributed by atoms with Crippen LogP contribution in [-0.2, 0) is 11.3 Å². The predicted molar refractivity (Wildman–Crippen MR) is 93.2 cm³/mol. The van der Waals surface area contributed by atoms with E-state index in [9.17, 15) is 9.18 Å². The van der Waals surface area contributed by atoms with E-state index >= 15 is 0 Å². The third-order valence-corrected chi connectivity index (χ3v) is 5.17. The fourth-order valence-electron chi connectivity index (χ4n) is 3.80. The second kappa shape index (κ2) is 8.08. The van der Waals surface area contributed by atoms with Crippen LogP contribution in [0, 0.1) is 18.7 Å². The standard InChI is InChI=1S/C19H28FN3O/c1-14-10-15(6-7-17(14)20)12-23-9-3-4-16(13-23)11-22-19(24)18-5-2-8-21-18/h6-7,10,16,18,21H,2-5,8-9,11-13H2,1H3,(H,22,24). The smallest absolute Gasteiger partial charge is 0.237 e. The van der Waals surface area contributed by atoms with Gasteiger partial charge in [0.15, 0.2) is 0 Å². The number of carbonyl (C=O) groups is 1. The van der Waals surface area contributed by atoms with Gasteiger partial charge in [-0.25, -0.2) is 4.39 Å². The number of hydrogen-bond donors (Lipinski definition) is 2. The minimum absolute atomic E-state index is 0.00637. The largest absolute Gasteiger partial charge is 0.354 e. The number of rotatable bonds is 5. The van der Waals surface area contributed by atoms with Gasteiger partial charge in [0, 0.05) is 19.6 Å². The first-order valence-electron chi connectivity index (χ1n) is 9.10. The fraction of sp³-hybridized carbons (Fsp3) is 0.632. The summed E-state index contributed by atoms with van der Waals surface area (Å²) in [7, 11) is 0. The van der Waals surface area contributed by atoms with Crippen molar-refractivity contribution in [2.24, 2.45) is 5.92 Å². The Hall–Kier alpha value is -1.46. The lowest BCUT2D eigenvalue weighted by atomic mass is 9.97. The Morgan fingerprint density at radius 1 is 1.38 bits per heavy atom. The first kappa shape index (κ1) is 17.4. The number of likely N-dealkylation sites (tertiary alicyclic amines) is 1. The van der Waals surface area contributed by atoms with Gasteiger partial charge < -0.3 is 10.6 Å². The molecule has 0 spiro atoms. The minimum atomic E-state index is -0.140. The molecule has 24 heavy (non-hydrogen) atoms. The third kappa shape index (κ3) is 4.54. The first-order valence-corrected chi connectivity index (χ1v) is 9.10. The van der Waals surface area contributed by atoms with Gasteiger partial charge in [0.25, 0.3) is 0 Å². The molecule has 0 aliphatic carbocycles. The third-order valence-electron chi connectivity index (χ3n) is 5.17. The van der Waals surface area contributed by atoms with E-state index in [-0.39, 0.29) is 17.8 Å². The van der Waals surface area contributed by atoms with Crippen molar-refractivity contribution in [3.8, 4) is 0 Å². The lowest BCUT2D eigenvalue weighted by Gasteiger charge is -2.33. The molecule has 2 saturated heterocycles. The lowest BCUT2D eigenvalue weighted by Crippen LogP contribution is -2.45. The Kier molecular flexibility index (Phi) is 5.85. The first-order chi connectivity index (χ1) is 11.6. The summed E-state index contributed by atoms with van der Waals surface area (Å²) in [6.45, 7) is 6.45. The molecule has 0 aromatic heterocycles. The molecule has 0 saturated carbocycles. The van der Waals surface area contributed by atoms with E-state index in [1.807, 2.05) is 19.1 Å². The Bertz CT molecular complexity index is 572. The average Bonchev–Trinajstić information content (AvgIpc) is 3.11. The van der Waals surface area contributed by atoms with Gasteiger partial charge in [-0.05, 0) is 68.8 Å². The summed E-state index contributed by atoms with van der Waals surface area (Å²) >= 11 is 0. The van der Waals surface area contributed by atoms with Crippen LogP contribution in [0.5, 0.6) is 0 Å². The second-order valence-corrected chi connectivity index (χ2v) is 7.22. The summed E-state index contributed by atoms with van der Waals surface area (Å²) in [5.74, 6) is 0.517. The normalized spacial score (nSPS) is 24.9. The van der Waals surface area contributed by atoms with Crippen molar-refractivity contribution < 1.29 is 9.18 Å². The summed E-state index contributed by atoms with van der Waals surface area (Å²) in [4.78, 5) is 14.5. The zero-order chi connectivity index (χ0) is 16.9. The van der Waals surface area contributed by atoms with Gasteiger partial charge in [0.05, 0.1) is 6.04 Å². The van der Waals surface area contributed by atoms with Crippen LogP contribution in [0.3, 0.4) is 0 Å². The Morgan fingerprint density at radius 2 is 2.25 bits per heavy atom. The zero-order valence-electron chi connectivity index (χ0n) is 14.5. The van der Waals surface area contributed by atoms with E-state index in [0.29, 0.717) is 11.5 Å². The molecule has 2 aliphatic rings. The highest BCUT2D eigenvalue weighted by molar-refractivity contribution is 5.81. The highest BCUT2D eigenvalue weighted by Gasteiger charge is 2.24. The molecule has 2 unspecified atom stereocenters. The molecular weight excluding hydrogens is 305 g/mol. The van der Waals surface area contributed by atoms with Crippen LogP contribution >= 0.6 is 0 Å². The molecular formula is C19H28FN3O. The Morgan fingerprint density at radius 3 is 3.00 bits per heavy atom. The maximum absolute atomic E-state index is 13.4. The van der Waals surface area contributed by atoms with Crippen molar-refractivity contribution in [2.45, 2.75) is 45.2 Å². The summed E-state index contributed by atoms with van der Waals surface area (Å²) < 4.78 is 13.4. The maximum Gasteiger partial charge on any atom is 0.237 e. The van der Waals surface area contributed by atoms with Crippen LogP contribution in [0.25, 0.3) is 0 Å². The Balaban J connectivity index is 1.47. The number of hydrogen-bond acceptors (Lipinski definition) is 3. The van der Waals surface area contributed by atoms with Crippen molar-refractivity contribution in [3.63, 3.8) is 0 Å². The number of aryl methyl sites for hydroxylation is 1. The summed E-state index contributed by atoms with van der Waals surface area (Å²) in [6.07, 6.45) is 4.36. The van der Waals surface area contributed by atoms with Crippen molar-refractivity contribution in [3.05, 3.63) is 35.1 Å². The number of amides is 1. The van der Waals surface area contributed by atoms with Crippen LogP contribution in [-0.4, -0.2) is 43.0 Å². The lowest BCUT2D eigenvalue weighted by molar-refractivity contribution is -0.123. The van der Waals surface area contributed by atoms with Crippen molar-refractivity contribution in [1.29, 1.82) is 0 Å². The van der Waals surface area contributed by atoms with Crippen molar-refractivity contribution in [1.82, 2.24) is 15.5 Å². The molecule has 2 N–H and O–H groups in total. The van der Waals surface area contributed by atoms with Gasteiger partial charge in [0.1, 0.15) is 5.82 Å². The van der Waals surface area contributed by atoms with E-state index in [4.69, 9.17) is 0 Å². The molecule has 2 fully saturated rings. The molecule has 2 atom stereocenters. The molecule has 1 amide bonds. The molecule has 132 valence electrons. The van der Waals surface area contributed by atoms with Crippen LogP contribution in [0.2, 0.25) is 0 Å². The Labute approximate surface area is 143 Å². The predicted octanol–water partition coefficient (Wildman–Crippen LogP) is 2.21. The highest BCUT2D eigenvalue weighted by Crippen LogP contribution is 2.19. The van der Waals surface area contributed by atoms with Gasteiger partial charge in [-0.1, -0.05) is 12.1 Å². The molecule has 5 heteroatoms. The minimum Gasteiger partial charge on any atom is -0.354 e. The summed E-state index contributed by atoms with van der Waals surface area (Å²) in [5, 5.41) is 6.36. The number of nitrogens with zero attached hydrogens (tertiary/aromatic N) is 1. The number of carbonyl (C=O) groups excluding carboxylic acids is 1. The van der Waals surface area contributed by atoms with Gasteiger partial charge in [-0.2, -0.15) is 0 Å². The summed E-state index contributed by atoms with van der Waals surface area (Å²) in [5.41, 5.74) is 1.87. The molecule has 2 aliphatic heterocycles. The molecule has 3 rings (SSSR count). The highest BCUT2D eigenvalue weighted by atomic mass is 19.1.